The summed E-state index contributed by atoms with van der Waals surface area (Å²) in [6.45, 7) is 8.58. The van der Waals surface area contributed by atoms with Gasteiger partial charge in [-0.25, -0.2) is 4.79 Å². The molecule has 0 spiro atoms. The number of ether oxygens (including phenoxy) is 1. The van der Waals surface area contributed by atoms with Crippen LogP contribution in [0.5, 0.6) is 0 Å². The van der Waals surface area contributed by atoms with Crippen LogP contribution in [0.1, 0.15) is 39.7 Å². The summed E-state index contributed by atoms with van der Waals surface area (Å²) in [7, 11) is 1.35. The molecule has 7 nitrogen and oxygen atoms in total. The molecule has 10 heteroatoms. The molecule has 0 saturated heterocycles. The molecule has 36 heavy (non-hydrogen) atoms. The van der Waals surface area contributed by atoms with Crippen molar-refractivity contribution in [1.82, 2.24) is 4.57 Å². The van der Waals surface area contributed by atoms with Gasteiger partial charge in [-0.2, -0.15) is 4.99 Å². The molecule has 0 aliphatic heterocycles. The number of thioether (sulfide) groups is 1. The molecule has 2 aromatic heterocycles. The van der Waals surface area contributed by atoms with Crippen molar-refractivity contribution in [2.75, 3.05) is 23.9 Å². The van der Waals surface area contributed by atoms with Gasteiger partial charge in [0.25, 0.3) is 5.91 Å². The van der Waals surface area contributed by atoms with Crippen LogP contribution in [-0.4, -0.2) is 41.0 Å². The fourth-order valence-electron chi connectivity index (χ4n) is 4.26. The quantitative estimate of drug-likeness (QED) is 0.320. The molecule has 0 fully saturated rings. The van der Waals surface area contributed by atoms with Gasteiger partial charge in [-0.1, -0.05) is 30.4 Å². The van der Waals surface area contributed by atoms with Crippen molar-refractivity contribution in [3.63, 3.8) is 0 Å². The summed E-state index contributed by atoms with van der Waals surface area (Å²) in [6, 6.07) is 6.14. The molecular weight excluding hydrogens is 515 g/mol. The van der Waals surface area contributed by atoms with Crippen molar-refractivity contribution < 1.29 is 19.1 Å². The minimum atomic E-state index is -0.426. The smallest absolute Gasteiger partial charge is 0.341 e. The SMILES string of the molecule is C=CCn1c(=NC(=O)CSCC(=O)Nc2sc3c(c2C(=O)OC)CCC(C)C3)sc2cc(C)ccc21. The van der Waals surface area contributed by atoms with E-state index in [-0.39, 0.29) is 23.3 Å². The number of amides is 2. The van der Waals surface area contributed by atoms with Crippen LogP contribution in [0.3, 0.4) is 0 Å². The Labute approximate surface area is 222 Å². The molecule has 2 amide bonds. The molecule has 1 N–H and O–H groups in total. The first kappa shape index (κ1) is 26.4. The van der Waals surface area contributed by atoms with Crippen LogP contribution in [0.15, 0.2) is 35.8 Å². The van der Waals surface area contributed by atoms with Crippen LogP contribution in [-0.2, 0) is 33.7 Å². The van der Waals surface area contributed by atoms with Crippen molar-refractivity contribution in [2.45, 2.75) is 39.7 Å². The number of hydrogen-bond acceptors (Lipinski definition) is 7. The zero-order valence-electron chi connectivity index (χ0n) is 20.6. The maximum atomic E-state index is 12.6. The third-order valence-corrected chi connectivity index (χ3v) is 9.11. The number of thiazole rings is 1. The number of esters is 1. The van der Waals surface area contributed by atoms with Gasteiger partial charge < -0.3 is 14.6 Å². The van der Waals surface area contributed by atoms with E-state index in [0.717, 1.165) is 45.5 Å². The summed E-state index contributed by atoms with van der Waals surface area (Å²) in [5, 5.41) is 3.41. The Morgan fingerprint density at radius 3 is 2.86 bits per heavy atom. The fraction of sp³-hybridized carbons (Fsp3) is 0.385. The Hall–Kier alpha value is -2.69. The number of carbonyl (C=O) groups excluding carboxylic acids is 3. The average molecular weight is 544 g/mol. The van der Waals surface area contributed by atoms with Crippen LogP contribution >= 0.6 is 34.4 Å². The van der Waals surface area contributed by atoms with Crippen molar-refractivity contribution in [2.24, 2.45) is 10.9 Å². The summed E-state index contributed by atoms with van der Waals surface area (Å²) >= 11 is 4.12. The van der Waals surface area contributed by atoms with Gasteiger partial charge in [-0.3, -0.25) is 9.59 Å². The second kappa shape index (κ2) is 11.6. The number of fused-ring (bicyclic) bond motifs is 2. The second-order valence-electron chi connectivity index (χ2n) is 8.85. The van der Waals surface area contributed by atoms with Gasteiger partial charge in [-0.05, 0) is 55.4 Å². The number of carbonyl (C=O) groups is 3. The highest BCUT2D eigenvalue weighted by Crippen LogP contribution is 2.40. The number of allylic oxidation sites excluding steroid dienone is 1. The molecule has 1 atom stereocenters. The van der Waals surface area contributed by atoms with E-state index >= 15 is 0 Å². The highest BCUT2D eigenvalue weighted by Gasteiger charge is 2.28. The van der Waals surface area contributed by atoms with Crippen LogP contribution in [0, 0.1) is 12.8 Å². The number of rotatable bonds is 8. The highest BCUT2D eigenvalue weighted by molar-refractivity contribution is 8.00. The molecule has 0 radical (unpaired) electrons. The number of methoxy groups -OCH3 is 1. The first-order valence-electron chi connectivity index (χ1n) is 11.7. The predicted molar refractivity (Wildman–Crippen MR) is 148 cm³/mol. The first-order chi connectivity index (χ1) is 17.3. The van der Waals surface area contributed by atoms with Gasteiger partial charge in [0.15, 0.2) is 4.80 Å². The fourth-order valence-corrected chi connectivity index (χ4v) is 7.43. The zero-order valence-corrected chi connectivity index (χ0v) is 23.0. The summed E-state index contributed by atoms with van der Waals surface area (Å²) in [5.74, 6) is -0.278. The predicted octanol–water partition coefficient (Wildman–Crippen LogP) is 4.97. The van der Waals surface area contributed by atoms with E-state index in [2.05, 4.69) is 29.9 Å². The van der Waals surface area contributed by atoms with Gasteiger partial charge in [0, 0.05) is 11.4 Å². The molecule has 1 aliphatic carbocycles. The Kier molecular flexibility index (Phi) is 8.48. The largest absolute Gasteiger partial charge is 0.465 e. The Morgan fingerprint density at radius 2 is 2.11 bits per heavy atom. The van der Waals surface area contributed by atoms with Crippen molar-refractivity contribution in [3.05, 3.63) is 57.2 Å². The number of thiophene rings is 1. The average Bonchev–Trinajstić information content (AvgIpc) is 3.35. The van der Waals surface area contributed by atoms with Crippen molar-refractivity contribution in [1.29, 1.82) is 0 Å². The molecule has 190 valence electrons. The standard InChI is InChI=1S/C26H29N3O4S3/c1-5-10-29-18-9-7-16(3)12-20(18)36-26(29)28-22(31)14-34-13-21(30)27-24-23(25(32)33-4)17-8-6-15(2)11-19(17)35-24/h5,7,9,12,15H,1,6,8,10-11,13-14H2,2-4H3,(H,27,30). The van der Waals surface area contributed by atoms with E-state index in [1.807, 2.05) is 23.6 Å². The van der Waals surface area contributed by atoms with E-state index in [1.54, 1.807) is 6.08 Å². The number of nitrogens with one attached hydrogen (secondary N) is 1. The Balaban J connectivity index is 1.41. The summed E-state index contributed by atoms with van der Waals surface area (Å²) < 4.78 is 8.01. The molecule has 4 rings (SSSR count). The number of benzene rings is 1. The molecule has 2 heterocycles. The van der Waals surface area contributed by atoms with E-state index in [1.165, 1.54) is 41.5 Å². The number of aryl methyl sites for hydroxylation is 1. The van der Waals surface area contributed by atoms with E-state index in [9.17, 15) is 14.4 Å². The second-order valence-corrected chi connectivity index (χ2v) is 11.9. The minimum absolute atomic E-state index is 0.0805. The van der Waals surface area contributed by atoms with Crippen LogP contribution in [0.2, 0.25) is 0 Å². The van der Waals surface area contributed by atoms with Gasteiger partial charge in [-0.15, -0.1) is 29.7 Å². The normalized spacial score (nSPS) is 15.5. The number of nitrogens with zero attached hydrogens (tertiary/aromatic N) is 2. The molecule has 1 aromatic carbocycles. The van der Waals surface area contributed by atoms with E-state index < -0.39 is 5.97 Å². The van der Waals surface area contributed by atoms with Gasteiger partial charge in [0.2, 0.25) is 5.91 Å². The van der Waals surface area contributed by atoms with Crippen molar-refractivity contribution >= 4 is 67.4 Å². The zero-order chi connectivity index (χ0) is 25.8. The van der Waals surface area contributed by atoms with Gasteiger partial charge in [0.05, 0.1) is 34.4 Å². The van der Waals surface area contributed by atoms with Crippen LogP contribution < -0.4 is 10.1 Å². The number of anilines is 1. The maximum absolute atomic E-state index is 12.6. The molecule has 1 unspecified atom stereocenters. The summed E-state index contributed by atoms with van der Waals surface area (Å²) in [6.07, 6.45) is 4.49. The molecule has 0 bridgehead atoms. The number of aromatic nitrogens is 1. The molecule has 1 aliphatic rings. The van der Waals surface area contributed by atoms with E-state index in [0.29, 0.717) is 27.8 Å². The van der Waals surface area contributed by atoms with Gasteiger partial charge in [0.1, 0.15) is 5.00 Å². The summed E-state index contributed by atoms with van der Waals surface area (Å²) in [4.78, 5) is 43.7. The Bertz CT molecular complexity index is 1400. The lowest BCUT2D eigenvalue weighted by Crippen LogP contribution is -2.19. The third kappa shape index (κ3) is 5.82. The van der Waals surface area contributed by atoms with Crippen molar-refractivity contribution in [3.8, 4) is 0 Å². The maximum Gasteiger partial charge on any atom is 0.341 e. The first-order valence-corrected chi connectivity index (χ1v) is 14.5. The Morgan fingerprint density at radius 1 is 1.31 bits per heavy atom. The lowest BCUT2D eigenvalue weighted by atomic mass is 9.88. The van der Waals surface area contributed by atoms with Crippen LogP contribution in [0.25, 0.3) is 10.2 Å². The lowest BCUT2D eigenvalue weighted by molar-refractivity contribution is -0.115. The van der Waals surface area contributed by atoms with Crippen LogP contribution in [0.4, 0.5) is 5.00 Å². The molecule has 3 aromatic rings. The monoisotopic (exact) mass is 543 g/mol. The lowest BCUT2D eigenvalue weighted by Gasteiger charge is -2.18. The minimum Gasteiger partial charge on any atom is -0.465 e. The molecule has 0 saturated carbocycles. The topological polar surface area (TPSA) is 89.8 Å². The summed E-state index contributed by atoms with van der Waals surface area (Å²) in [5.41, 5.74) is 3.62. The van der Waals surface area contributed by atoms with Gasteiger partial charge >= 0.3 is 5.97 Å². The number of hydrogen-bond donors (Lipinski definition) is 1. The molecular formula is C26H29N3O4S3. The highest BCUT2D eigenvalue weighted by atomic mass is 32.2. The van der Waals surface area contributed by atoms with E-state index in [4.69, 9.17) is 4.74 Å². The third-order valence-electron chi connectivity index (χ3n) is 5.98.